The summed E-state index contributed by atoms with van der Waals surface area (Å²) in [5, 5.41) is 3.39. The molecule has 0 unspecified atom stereocenters. The van der Waals surface area contributed by atoms with Crippen LogP contribution in [0.1, 0.15) is 25.0 Å². The fourth-order valence-electron chi connectivity index (χ4n) is 2.61. The lowest BCUT2D eigenvalue weighted by Crippen LogP contribution is -2.48. The van der Waals surface area contributed by atoms with Crippen LogP contribution in [0.25, 0.3) is 0 Å². The predicted molar refractivity (Wildman–Crippen MR) is 113 cm³/mol. The Morgan fingerprint density at radius 3 is 2.32 bits per heavy atom. The van der Waals surface area contributed by atoms with Crippen LogP contribution in [0.15, 0.2) is 48.5 Å². The number of nitrogens with one attached hydrogen (secondary N) is 1. The minimum Gasteiger partial charge on any atom is -0.355 e. The van der Waals surface area contributed by atoms with Gasteiger partial charge >= 0.3 is 0 Å². The Morgan fingerprint density at radius 2 is 1.71 bits per heavy atom. The molecule has 0 bridgehead atoms. The molecule has 0 aliphatic heterocycles. The lowest BCUT2D eigenvalue weighted by molar-refractivity contribution is -0.138. The molecule has 0 aliphatic rings. The molecule has 4 nitrogen and oxygen atoms in total. The maximum Gasteiger partial charge on any atom is 0.242 e. The Kier molecular flexibility index (Phi) is 8.80. The molecular weight excluding hydrogens is 399 g/mol. The molecule has 0 saturated heterocycles. The molecule has 2 amide bonds. The van der Waals surface area contributed by atoms with Crippen LogP contribution in [0, 0.1) is 5.82 Å². The fraction of sp³-hybridized carbons (Fsp3) is 0.333. The van der Waals surface area contributed by atoms with Crippen molar-refractivity contribution in [2.24, 2.45) is 0 Å². The topological polar surface area (TPSA) is 49.4 Å². The zero-order valence-corrected chi connectivity index (χ0v) is 17.5. The highest BCUT2D eigenvalue weighted by molar-refractivity contribution is 7.99. The lowest BCUT2D eigenvalue weighted by atomic mass is 10.1. The second-order valence-electron chi connectivity index (χ2n) is 6.34. The first-order valence-corrected chi connectivity index (χ1v) is 10.6. The smallest absolute Gasteiger partial charge is 0.242 e. The number of nitrogens with zero attached hydrogens (tertiary/aromatic N) is 1. The first-order valence-electron chi connectivity index (χ1n) is 9.04. The summed E-state index contributed by atoms with van der Waals surface area (Å²) in [5.74, 6) is 0.231. The summed E-state index contributed by atoms with van der Waals surface area (Å²) in [6.07, 6.45) is 0. The number of amides is 2. The maximum atomic E-state index is 13.0. The van der Waals surface area contributed by atoms with Crippen LogP contribution in [-0.4, -0.2) is 35.1 Å². The van der Waals surface area contributed by atoms with Crippen molar-refractivity contribution in [3.63, 3.8) is 0 Å². The summed E-state index contributed by atoms with van der Waals surface area (Å²) in [6.45, 7) is 4.40. The largest absolute Gasteiger partial charge is 0.355 e. The van der Waals surface area contributed by atoms with E-state index in [-0.39, 0.29) is 23.4 Å². The Balaban J connectivity index is 2.03. The minimum absolute atomic E-state index is 0.124. The Morgan fingerprint density at radius 1 is 1.11 bits per heavy atom. The predicted octanol–water partition coefficient (Wildman–Crippen LogP) is 4.27. The summed E-state index contributed by atoms with van der Waals surface area (Å²) in [5.41, 5.74) is 1.85. The summed E-state index contributed by atoms with van der Waals surface area (Å²) in [4.78, 5) is 26.7. The summed E-state index contributed by atoms with van der Waals surface area (Å²) in [6, 6.07) is 12.8. The molecule has 28 heavy (non-hydrogen) atoms. The molecule has 0 radical (unpaired) electrons. The number of carbonyl (C=O) groups excluding carboxylic acids is 2. The number of carbonyl (C=O) groups is 2. The van der Waals surface area contributed by atoms with Gasteiger partial charge in [-0.1, -0.05) is 35.9 Å². The van der Waals surface area contributed by atoms with Crippen molar-refractivity contribution in [2.75, 3.05) is 12.3 Å². The van der Waals surface area contributed by atoms with E-state index in [4.69, 9.17) is 11.6 Å². The van der Waals surface area contributed by atoms with Crippen LogP contribution in [0.3, 0.4) is 0 Å². The normalized spacial score (nSPS) is 11.7. The van der Waals surface area contributed by atoms with Gasteiger partial charge in [0.1, 0.15) is 11.9 Å². The maximum absolute atomic E-state index is 13.0. The number of halogens is 2. The van der Waals surface area contributed by atoms with Gasteiger partial charge in [-0.25, -0.2) is 4.39 Å². The number of likely N-dealkylation sites (N-methyl/N-ethyl adjacent to an activating group) is 1. The Labute approximate surface area is 174 Å². The second-order valence-corrected chi connectivity index (χ2v) is 7.76. The van der Waals surface area contributed by atoms with Crippen molar-refractivity contribution in [3.8, 4) is 0 Å². The number of benzene rings is 2. The second kappa shape index (κ2) is 11.1. The van der Waals surface area contributed by atoms with Gasteiger partial charge in [-0.3, -0.25) is 9.59 Å². The van der Waals surface area contributed by atoms with Crippen molar-refractivity contribution in [1.82, 2.24) is 10.2 Å². The minimum atomic E-state index is -0.588. The molecule has 0 aromatic heterocycles. The van der Waals surface area contributed by atoms with Gasteiger partial charge in [0.05, 0.1) is 5.75 Å². The molecule has 0 saturated carbocycles. The highest BCUT2D eigenvalue weighted by Crippen LogP contribution is 2.17. The van der Waals surface area contributed by atoms with E-state index in [1.165, 1.54) is 23.9 Å². The van der Waals surface area contributed by atoms with Gasteiger partial charge in [0.25, 0.3) is 0 Å². The van der Waals surface area contributed by atoms with Crippen molar-refractivity contribution in [1.29, 1.82) is 0 Å². The van der Waals surface area contributed by atoms with Crippen LogP contribution < -0.4 is 5.32 Å². The quantitative estimate of drug-likeness (QED) is 0.656. The van der Waals surface area contributed by atoms with E-state index in [0.717, 1.165) is 11.1 Å². The standard InChI is InChI=1S/C21H24ClFN2O2S/c1-3-24-21(27)15(2)25(12-16-4-8-18(22)9-5-16)20(26)14-28-13-17-6-10-19(23)11-7-17/h4-11,15H,3,12-14H2,1-2H3,(H,24,27)/t15-/m0/s1. The molecule has 1 atom stereocenters. The van der Waals surface area contributed by atoms with E-state index in [0.29, 0.717) is 23.9 Å². The van der Waals surface area contributed by atoms with Gasteiger partial charge < -0.3 is 10.2 Å². The van der Waals surface area contributed by atoms with Crippen LogP contribution in [-0.2, 0) is 21.9 Å². The SMILES string of the molecule is CCNC(=O)[C@H](C)N(Cc1ccc(Cl)cc1)C(=O)CSCc1ccc(F)cc1. The van der Waals surface area contributed by atoms with E-state index in [9.17, 15) is 14.0 Å². The third-order valence-electron chi connectivity index (χ3n) is 4.19. The van der Waals surface area contributed by atoms with E-state index in [2.05, 4.69) is 5.32 Å². The first-order chi connectivity index (χ1) is 13.4. The van der Waals surface area contributed by atoms with Gasteiger partial charge in [0.15, 0.2) is 0 Å². The van der Waals surface area contributed by atoms with E-state index in [1.54, 1.807) is 36.1 Å². The van der Waals surface area contributed by atoms with Crippen molar-refractivity contribution in [3.05, 3.63) is 70.5 Å². The van der Waals surface area contributed by atoms with Crippen LogP contribution in [0.4, 0.5) is 4.39 Å². The number of rotatable bonds is 9. The molecule has 0 fully saturated rings. The Hall–Kier alpha value is -2.05. The van der Waals surface area contributed by atoms with E-state index in [1.807, 2.05) is 19.1 Å². The molecule has 2 rings (SSSR count). The molecular formula is C21H24ClFN2O2S. The zero-order valence-electron chi connectivity index (χ0n) is 16.0. The average Bonchev–Trinajstić information content (AvgIpc) is 2.68. The highest BCUT2D eigenvalue weighted by Gasteiger charge is 2.25. The molecule has 0 spiro atoms. The third-order valence-corrected chi connectivity index (χ3v) is 5.43. The van der Waals surface area contributed by atoms with Crippen molar-refractivity contribution >= 4 is 35.2 Å². The molecule has 7 heteroatoms. The van der Waals surface area contributed by atoms with Gasteiger partial charge in [0.2, 0.25) is 11.8 Å². The van der Waals surface area contributed by atoms with E-state index >= 15 is 0 Å². The summed E-state index contributed by atoms with van der Waals surface area (Å²) < 4.78 is 13.0. The van der Waals surface area contributed by atoms with Gasteiger partial charge in [-0.2, -0.15) is 0 Å². The molecule has 150 valence electrons. The lowest BCUT2D eigenvalue weighted by Gasteiger charge is -2.28. The van der Waals surface area contributed by atoms with Crippen LogP contribution in [0.2, 0.25) is 5.02 Å². The molecule has 0 heterocycles. The molecule has 1 N–H and O–H groups in total. The number of hydrogen-bond donors (Lipinski definition) is 1. The van der Waals surface area contributed by atoms with Crippen molar-refractivity contribution in [2.45, 2.75) is 32.2 Å². The van der Waals surface area contributed by atoms with Crippen LogP contribution in [0.5, 0.6) is 0 Å². The molecule has 0 aliphatic carbocycles. The Bertz CT molecular complexity index is 784. The summed E-state index contributed by atoms with van der Waals surface area (Å²) >= 11 is 7.37. The van der Waals surface area contributed by atoms with Gasteiger partial charge in [-0.15, -0.1) is 11.8 Å². The van der Waals surface area contributed by atoms with Gasteiger partial charge in [-0.05, 0) is 49.2 Å². The zero-order chi connectivity index (χ0) is 20.5. The third kappa shape index (κ3) is 6.84. The fourth-order valence-corrected chi connectivity index (χ4v) is 3.61. The first kappa shape index (κ1) is 22.2. The van der Waals surface area contributed by atoms with Gasteiger partial charge in [0, 0.05) is 23.9 Å². The van der Waals surface area contributed by atoms with E-state index < -0.39 is 6.04 Å². The number of thioether (sulfide) groups is 1. The highest BCUT2D eigenvalue weighted by atomic mass is 35.5. The summed E-state index contributed by atoms with van der Waals surface area (Å²) in [7, 11) is 0. The monoisotopic (exact) mass is 422 g/mol. The molecule has 2 aromatic carbocycles. The molecule has 2 aromatic rings. The number of hydrogen-bond acceptors (Lipinski definition) is 3. The average molecular weight is 423 g/mol. The van der Waals surface area contributed by atoms with Crippen molar-refractivity contribution < 1.29 is 14.0 Å². The van der Waals surface area contributed by atoms with Crippen LogP contribution >= 0.6 is 23.4 Å².